The van der Waals surface area contributed by atoms with Gasteiger partial charge in [-0.1, -0.05) is 42.5 Å². The number of carbonyl (C=O) groups is 1. The standard InChI is InChI=1S/C22H19N3O3S/c1-14-3-4-18(11-15(14)2)16-5-7-17(8-6-16)20-13-25-12-19(9-10-21(25)23-20)22(26)24-29(27)28/h3-13H,1-2H3,(H,24,26)(H,27,28)/p-1. The monoisotopic (exact) mass is 404 g/mol. The molecule has 4 aromatic rings. The van der Waals surface area contributed by atoms with E-state index in [4.69, 9.17) is 0 Å². The molecule has 146 valence electrons. The first-order chi connectivity index (χ1) is 13.9. The molecule has 1 unspecified atom stereocenters. The molecule has 4 rings (SSSR count). The molecule has 1 atom stereocenters. The third kappa shape index (κ3) is 3.96. The van der Waals surface area contributed by atoms with E-state index in [-0.39, 0.29) is 5.56 Å². The molecule has 1 amide bonds. The second-order valence-corrected chi connectivity index (χ2v) is 7.53. The van der Waals surface area contributed by atoms with Crippen molar-refractivity contribution >= 4 is 22.8 Å². The van der Waals surface area contributed by atoms with E-state index in [1.165, 1.54) is 22.8 Å². The number of carbonyl (C=O) groups excluding carboxylic acids is 1. The molecule has 1 N–H and O–H groups in total. The Bertz CT molecular complexity index is 1250. The molecule has 0 bridgehead atoms. The molecule has 0 saturated heterocycles. The molecule has 0 spiro atoms. The van der Waals surface area contributed by atoms with Gasteiger partial charge in [-0.2, -0.15) is 0 Å². The van der Waals surface area contributed by atoms with Crippen molar-refractivity contribution in [2.24, 2.45) is 0 Å². The second-order valence-electron chi connectivity index (χ2n) is 6.85. The average Bonchev–Trinajstić information content (AvgIpc) is 3.13. The van der Waals surface area contributed by atoms with Crippen molar-refractivity contribution in [3.8, 4) is 22.4 Å². The van der Waals surface area contributed by atoms with Gasteiger partial charge < -0.3 is 8.95 Å². The van der Waals surface area contributed by atoms with E-state index in [1.54, 1.807) is 16.7 Å². The second kappa shape index (κ2) is 7.62. The van der Waals surface area contributed by atoms with Gasteiger partial charge in [-0.25, -0.2) is 4.98 Å². The topological polar surface area (TPSA) is 86.5 Å². The Kier molecular flexibility index (Phi) is 5.00. The van der Waals surface area contributed by atoms with Gasteiger partial charge in [0, 0.05) is 29.2 Å². The molecule has 0 saturated carbocycles. The number of pyridine rings is 1. The van der Waals surface area contributed by atoms with E-state index in [1.807, 2.05) is 23.1 Å². The Morgan fingerprint density at radius 3 is 2.31 bits per heavy atom. The molecule has 0 radical (unpaired) electrons. The van der Waals surface area contributed by atoms with Crippen LogP contribution < -0.4 is 4.72 Å². The fourth-order valence-corrected chi connectivity index (χ4v) is 3.42. The summed E-state index contributed by atoms with van der Waals surface area (Å²) in [4.78, 5) is 16.4. The number of benzene rings is 2. The maximum absolute atomic E-state index is 11.9. The van der Waals surface area contributed by atoms with Gasteiger partial charge in [-0.3, -0.25) is 13.7 Å². The number of imidazole rings is 1. The zero-order valence-electron chi connectivity index (χ0n) is 15.9. The van der Waals surface area contributed by atoms with Crippen LogP contribution in [0.1, 0.15) is 21.5 Å². The molecular formula is C22H18N3O3S-. The molecule has 0 aliphatic heterocycles. The molecule has 7 heteroatoms. The Hall–Kier alpha value is -3.29. The van der Waals surface area contributed by atoms with E-state index < -0.39 is 17.2 Å². The zero-order valence-corrected chi connectivity index (χ0v) is 16.7. The summed E-state index contributed by atoms with van der Waals surface area (Å²) in [5.74, 6) is -0.687. The van der Waals surface area contributed by atoms with E-state index >= 15 is 0 Å². The van der Waals surface area contributed by atoms with E-state index in [9.17, 15) is 13.6 Å². The van der Waals surface area contributed by atoms with Crippen LogP contribution in [0, 0.1) is 13.8 Å². The van der Waals surface area contributed by atoms with Crippen LogP contribution in [0.4, 0.5) is 0 Å². The summed E-state index contributed by atoms with van der Waals surface area (Å²) < 4.78 is 24.8. The van der Waals surface area contributed by atoms with E-state index in [2.05, 4.69) is 49.2 Å². The van der Waals surface area contributed by atoms with Crippen LogP contribution in [0.3, 0.4) is 0 Å². The minimum Gasteiger partial charge on any atom is -0.755 e. The Morgan fingerprint density at radius 2 is 1.62 bits per heavy atom. The Balaban J connectivity index is 1.63. The van der Waals surface area contributed by atoms with Crippen molar-refractivity contribution in [3.05, 3.63) is 83.7 Å². The van der Waals surface area contributed by atoms with Gasteiger partial charge in [0.15, 0.2) is 0 Å². The average molecular weight is 404 g/mol. The van der Waals surface area contributed by atoms with Crippen molar-refractivity contribution in [1.29, 1.82) is 0 Å². The van der Waals surface area contributed by atoms with Crippen LogP contribution >= 0.6 is 0 Å². The fraction of sp³-hybridized carbons (Fsp3) is 0.0909. The molecule has 2 aromatic carbocycles. The number of fused-ring (bicyclic) bond motifs is 1. The van der Waals surface area contributed by atoms with Gasteiger partial charge in [0.05, 0.1) is 11.3 Å². The highest BCUT2D eigenvalue weighted by molar-refractivity contribution is 7.77. The predicted molar refractivity (Wildman–Crippen MR) is 112 cm³/mol. The predicted octanol–water partition coefficient (Wildman–Crippen LogP) is 3.81. The first kappa shape index (κ1) is 19.0. The molecule has 2 heterocycles. The Labute approximate surface area is 170 Å². The van der Waals surface area contributed by atoms with Crippen molar-refractivity contribution in [1.82, 2.24) is 14.1 Å². The van der Waals surface area contributed by atoms with E-state index in [0.29, 0.717) is 5.65 Å². The summed E-state index contributed by atoms with van der Waals surface area (Å²) in [5, 5.41) is 0. The number of rotatable bonds is 4. The third-order valence-corrected chi connectivity index (χ3v) is 5.26. The summed E-state index contributed by atoms with van der Waals surface area (Å²) in [7, 11) is 0. The van der Waals surface area contributed by atoms with Gasteiger partial charge in [-0.15, -0.1) is 0 Å². The smallest absolute Gasteiger partial charge is 0.263 e. The van der Waals surface area contributed by atoms with Crippen molar-refractivity contribution in [2.45, 2.75) is 13.8 Å². The Morgan fingerprint density at radius 1 is 0.931 bits per heavy atom. The number of amides is 1. The highest BCUT2D eigenvalue weighted by atomic mass is 32.2. The number of aryl methyl sites for hydroxylation is 2. The van der Waals surface area contributed by atoms with Crippen LogP contribution in [0.5, 0.6) is 0 Å². The van der Waals surface area contributed by atoms with Crippen molar-refractivity contribution < 1.29 is 13.6 Å². The lowest BCUT2D eigenvalue weighted by atomic mass is 9.99. The number of aromatic nitrogens is 2. The summed E-state index contributed by atoms with van der Waals surface area (Å²) in [5.41, 5.74) is 7.44. The van der Waals surface area contributed by atoms with Crippen LogP contribution in [0.2, 0.25) is 0 Å². The van der Waals surface area contributed by atoms with E-state index in [0.717, 1.165) is 16.8 Å². The highest BCUT2D eigenvalue weighted by Gasteiger charge is 2.10. The molecule has 6 nitrogen and oxygen atoms in total. The van der Waals surface area contributed by atoms with Gasteiger partial charge in [0.1, 0.15) is 5.65 Å². The summed E-state index contributed by atoms with van der Waals surface area (Å²) in [6, 6.07) is 17.8. The first-order valence-corrected chi connectivity index (χ1v) is 10.1. The third-order valence-electron chi connectivity index (χ3n) is 4.91. The molecule has 0 aliphatic carbocycles. The van der Waals surface area contributed by atoms with Gasteiger partial charge >= 0.3 is 0 Å². The molecular weight excluding hydrogens is 386 g/mol. The maximum Gasteiger partial charge on any atom is 0.263 e. The van der Waals surface area contributed by atoms with Crippen molar-refractivity contribution in [2.75, 3.05) is 0 Å². The zero-order chi connectivity index (χ0) is 20.5. The lowest BCUT2D eigenvalue weighted by Gasteiger charge is -2.06. The quantitative estimate of drug-likeness (QED) is 0.524. The van der Waals surface area contributed by atoms with Crippen LogP contribution in [0.25, 0.3) is 28.0 Å². The summed E-state index contributed by atoms with van der Waals surface area (Å²) in [6.45, 7) is 4.20. The molecule has 29 heavy (non-hydrogen) atoms. The minimum atomic E-state index is -2.65. The highest BCUT2D eigenvalue weighted by Crippen LogP contribution is 2.26. The maximum atomic E-state index is 11.9. The normalized spacial score (nSPS) is 12.1. The minimum absolute atomic E-state index is 0.232. The largest absolute Gasteiger partial charge is 0.755 e. The van der Waals surface area contributed by atoms with Crippen LogP contribution in [0.15, 0.2) is 67.0 Å². The molecule has 0 aliphatic rings. The van der Waals surface area contributed by atoms with Crippen LogP contribution in [-0.2, 0) is 11.3 Å². The molecule has 0 fully saturated rings. The van der Waals surface area contributed by atoms with Gasteiger partial charge in [0.25, 0.3) is 5.91 Å². The van der Waals surface area contributed by atoms with Crippen LogP contribution in [-0.4, -0.2) is 24.1 Å². The lowest BCUT2D eigenvalue weighted by molar-refractivity contribution is 0.0980. The SMILES string of the molecule is Cc1ccc(-c2ccc(-c3cn4cc(C(=O)NS(=O)[O-])ccc4n3)cc2)cc1C. The van der Waals surface area contributed by atoms with Gasteiger partial charge in [-0.05, 0) is 48.2 Å². The number of nitrogens with one attached hydrogen (secondary N) is 1. The van der Waals surface area contributed by atoms with Gasteiger partial charge in [0.2, 0.25) is 0 Å². The number of hydrogen-bond acceptors (Lipinski definition) is 4. The summed E-state index contributed by atoms with van der Waals surface area (Å²) >= 11 is -2.65. The molecule has 2 aromatic heterocycles. The summed E-state index contributed by atoms with van der Waals surface area (Å²) in [6.07, 6.45) is 3.36. The number of nitrogens with zero attached hydrogens (tertiary/aromatic N) is 2. The number of hydrogen-bond donors (Lipinski definition) is 1. The first-order valence-electron chi connectivity index (χ1n) is 8.98. The lowest BCUT2D eigenvalue weighted by Crippen LogP contribution is -2.25. The fourth-order valence-electron chi connectivity index (χ4n) is 3.15. The van der Waals surface area contributed by atoms with Crippen molar-refractivity contribution in [3.63, 3.8) is 0 Å².